The molecule has 0 saturated carbocycles. The molecule has 0 spiro atoms. The molecule has 2 aromatic rings. The number of nitriles is 1. The van der Waals surface area contributed by atoms with Crippen LogP contribution in [0.2, 0.25) is 0 Å². The van der Waals surface area contributed by atoms with Crippen molar-refractivity contribution in [3.05, 3.63) is 60.2 Å². The van der Waals surface area contributed by atoms with Crippen LogP contribution in [-0.2, 0) is 4.79 Å². The zero-order valence-electron chi connectivity index (χ0n) is 12.1. The number of hydrogen-bond donors (Lipinski definition) is 2. The van der Waals surface area contributed by atoms with Crippen molar-refractivity contribution < 1.29 is 14.6 Å². The molecule has 0 aliphatic carbocycles. The molecule has 22 heavy (non-hydrogen) atoms. The molecule has 0 saturated heterocycles. The van der Waals surface area contributed by atoms with Gasteiger partial charge in [0.2, 0.25) is 0 Å². The number of rotatable bonds is 5. The monoisotopic (exact) mass is 296 g/mol. The van der Waals surface area contributed by atoms with Gasteiger partial charge in [0, 0.05) is 0 Å². The number of carbonyl (C=O) groups is 1. The van der Waals surface area contributed by atoms with Crippen LogP contribution in [0.3, 0.4) is 0 Å². The summed E-state index contributed by atoms with van der Waals surface area (Å²) in [6.45, 7) is 1.61. The molecule has 5 heteroatoms. The van der Waals surface area contributed by atoms with E-state index in [4.69, 9.17) is 10.00 Å². The maximum atomic E-state index is 12.1. The van der Waals surface area contributed by atoms with Gasteiger partial charge in [-0.1, -0.05) is 42.5 Å². The molecular weight excluding hydrogens is 280 g/mol. The van der Waals surface area contributed by atoms with Crippen molar-refractivity contribution in [1.82, 2.24) is 0 Å². The van der Waals surface area contributed by atoms with E-state index < -0.39 is 18.1 Å². The number of aliphatic hydroxyl groups excluding tert-OH is 1. The predicted molar refractivity (Wildman–Crippen MR) is 82.2 cm³/mol. The fraction of sp³-hybridized carbons (Fsp3) is 0.176. The Morgan fingerprint density at radius 3 is 2.50 bits per heavy atom. The predicted octanol–water partition coefficient (Wildman–Crippen LogP) is 2.65. The summed E-state index contributed by atoms with van der Waals surface area (Å²) in [7, 11) is 0. The fourth-order valence-corrected chi connectivity index (χ4v) is 1.88. The van der Waals surface area contributed by atoms with Crippen molar-refractivity contribution in [3.8, 4) is 11.8 Å². The third-order valence-corrected chi connectivity index (χ3v) is 2.99. The molecule has 112 valence electrons. The standard InChI is InChI=1S/C17H16N2O3/c1-12(11-18)22-15-10-6-5-9-14(15)19-17(21)16(20)13-7-3-2-4-8-13/h2-10,12,16,20H,1H3,(H,19,21). The van der Waals surface area contributed by atoms with E-state index in [1.807, 2.05) is 6.07 Å². The van der Waals surface area contributed by atoms with Crippen LogP contribution < -0.4 is 10.1 Å². The number of amides is 1. The number of ether oxygens (including phenoxy) is 1. The first-order valence-electron chi connectivity index (χ1n) is 6.81. The van der Waals surface area contributed by atoms with Gasteiger partial charge >= 0.3 is 0 Å². The van der Waals surface area contributed by atoms with Crippen LogP contribution in [0.5, 0.6) is 5.75 Å². The van der Waals surface area contributed by atoms with E-state index in [-0.39, 0.29) is 0 Å². The summed E-state index contributed by atoms with van der Waals surface area (Å²) in [5.41, 5.74) is 0.911. The molecule has 2 rings (SSSR count). The molecule has 2 unspecified atom stereocenters. The Hall–Kier alpha value is -2.84. The largest absolute Gasteiger partial charge is 0.474 e. The molecule has 5 nitrogen and oxygen atoms in total. The molecular formula is C17H16N2O3. The average Bonchev–Trinajstić information content (AvgIpc) is 2.56. The second kappa shape index (κ2) is 7.25. The van der Waals surface area contributed by atoms with Gasteiger partial charge in [0.05, 0.1) is 5.69 Å². The molecule has 0 heterocycles. The summed E-state index contributed by atoms with van der Waals surface area (Å²) < 4.78 is 5.42. The number of nitrogens with one attached hydrogen (secondary N) is 1. The lowest BCUT2D eigenvalue weighted by molar-refractivity contribution is -0.124. The molecule has 2 N–H and O–H groups in total. The van der Waals surface area contributed by atoms with Crippen molar-refractivity contribution in [3.63, 3.8) is 0 Å². The molecule has 2 atom stereocenters. The first kappa shape index (κ1) is 15.5. The second-order valence-corrected chi connectivity index (χ2v) is 4.69. The van der Waals surface area contributed by atoms with Crippen LogP contribution in [0.1, 0.15) is 18.6 Å². The van der Waals surface area contributed by atoms with Crippen LogP contribution >= 0.6 is 0 Å². The van der Waals surface area contributed by atoms with Crippen molar-refractivity contribution in [1.29, 1.82) is 5.26 Å². The van der Waals surface area contributed by atoms with E-state index in [9.17, 15) is 9.90 Å². The van der Waals surface area contributed by atoms with Gasteiger partial charge in [-0.15, -0.1) is 0 Å². The van der Waals surface area contributed by atoms with E-state index in [0.717, 1.165) is 0 Å². The normalized spacial score (nSPS) is 12.8. The lowest BCUT2D eigenvalue weighted by atomic mass is 10.1. The zero-order valence-corrected chi connectivity index (χ0v) is 12.1. The van der Waals surface area contributed by atoms with Crippen molar-refractivity contribution in [2.45, 2.75) is 19.1 Å². The summed E-state index contributed by atoms with van der Waals surface area (Å²) in [5.74, 6) is -0.183. The Morgan fingerprint density at radius 2 is 1.82 bits per heavy atom. The summed E-state index contributed by atoms with van der Waals surface area (Å²) in [6, 6.07) is 17.4. The summed E-state index contributed by atoms with van der Waals surface area (Å²) in [4.78, 5) is 12.1. The van der Waals surface area contributed by atoms with Crippen molar-refractivity contribution in [2.24, 2.45) is 0 Å². The van der Waals surface area contributed by atoms with Crippen LogP contribution in [0.25, 0.3) is 0 Å². The third kappa shape index (κ3) is 3.84. The van der Waals surface area contributed by atoms with Gasteiger partial charge in [-0.25, -0.2) is 0 Å². The molecule has 0 radical (unpaired) electrons. The van der Waals surface area contributed by atoms with Gasteiger partial charge in [0.1, 0.15) is 11.8 Å². The van der Waals surface area contributed by atoms with Crippen LogP contribution in [0, 0.1) is 11.3 Å². The van der Waals surface area contributed by atoms with E-state index in [1.54, 1.807) is 61.5 Å². The molecule has 2 aromatic carbocycles. The van der Waals surface area contributed by atoms with Gasteiger partial charge in [-0.2, -0.15) is 5.26 Å². The molecule has 0 fully saturated rings. The summed E-state index contributed by atoms with van der Waals surface area (Å²) >= 11 is 0. The first-order chi connectivity index (χ1) is 10.6. The fourth-order valence-electron chi connectivity index (χ4n) is 1.88. The lowest BCUT2D eigenvalue weighted by Gasteiger charge is -2.15. The summed E-state index contributed by atoms with van der Waals surface area (Å²) in [5, 5.41) is 21.5. The van der Waals surface area contributed by atoms with Gasteiger partial charge in [-0.05, 0) is 24.6 Å². The number of carbonyl (C=O) groups excluding carboxylic acids is 1. The van der Waals surface area contributed by atoms with Crippen LogP contribution in [-0.4, -0.2) is 17.1 Å². The minimum absolute atomic E-state index is 0.380. The Morgan fingerprint density at radius 1 is 1.18 bits per heavy atom. The topological polar surface area (TPSA) is 82.3 Å². The van der Waals surface area contributed by atoms with Crippen molar-refractivity contribution in [2.75, 3.05) is 5.32 Å². The minimum Gasteiger partial charge on any atom is -0.474 e. The number of hydrogen-bond acceptors (Lipinski definition) is 4. The second-order valence-electron chi connectivity index (χ2n) is 4.69. The Balaban J connectivity index is 2.14. The first-order valence-corrected chi connectivity index (χ1v) is 6.81. The number of anilines is 1. The molecule has 1 amide bonds. The highest BCUT2D eigenvalue weighted by molar-refractivity contribution is 5.95. The third-order valence-electron chi connectivity index (χ3n) is 2.99. The van der Waals surface area contributed by atoms with Gasteiger partial charge < -0.3 is 15.2 Å². The summed E-state index contributed by atoms with van der Waals surface area (Å²) in [6.07, 6.45) is -1.92. The Labute approximate surface area is 128 Å². The molecule has 0 aromatic heterocycles. The van der Waals surface area contributed by atoms with Gasteiger partial charge in [-0.3, -0.25) is 4.79 Å². The Bertz CT molecular complexity index is 680. The highest BCUT2D eigenvalue weighted by Gasteiger charge is 2.18. The number of para-hydroxylation sites is 2. The van der Waals surface area contributed by atoms with Crippen LogP contribution in [0.4, 0.5) is 5.69 Å². The number of benzene rings is 2. The minimum atomic E-state index is -1.28. The maximum absolute atomic E-state index is 12.1. The Kier molecular flexibility index (Phi) is 5.12. The SMILES string of the molecule is CC(C#N)Oc1ccccc1NC(=O)C(O)c1ccccc1. The lowest BCUT2D eigenvalue weighted by Crippen LogP contribution is -2.21. The van der Waals surface area contributed by atoms with E-state index in [2.05, 4.69) is 5.32 Å². The van der Waals surface area contributed by atoms with Crippen LogP contribution in [0.15, 0.2) is 54.6 Å². The quantitative estimate of drug-likeness (QED) is 0.888. The number of nitrogens with zero attached hydrogens (tertiary/aromatic N) is 1. The average molecular weight is 296 g/mol. The smallest absolute Gasteiger partial charge is 0.257 e. The van der Waals surface area contributed by atoms with Gasteiger partial charge in [0.25, 0.3) is 5.91 Å². The van der Waals surface area contributed by atoms with E-state index in [0.29, 0.717) is 17.0 Å². The molecule has 0 aliphatic heterocycles. The maximum Gasteiger partial charge on any atom is 0.257 e. The molecule has 0 bridgehead atoms. The highest BCUT2D eigenvalue weighted by Crippen LogP contribution is 2.26. The zero-order chi connectivity index (χ0) is 15.9. The van der Waals surface area contributed by atoms with Gasteiger partial charge in [0.15, 0.2) is 12.2 Å². The molecule has 0 aliphatic rings. The number of aliphatic hydroxyl groups is 1. The van der Waals surface area contributed by atoms with E-state index in [1.165, 1.54) is 0 Å². The van der Waals surface area contributed by atoms with Crippen molar-refractivity contribution >= 4 is 11.6 Å². The highest BCUT2D eigenvalue weighted by atomic mass is 16.5. The van der Waals surface area contributed by atoms with E-state index >= 15 is 0 Å².